The first-order chi connectivity index (χ1) is 6.18. The average Bonchev–Trinajstić information content (AvgIpc) is 2.49. The van der Waals surface area contributed by atoms with Crippen LogP contribution in [0, 0.1) is 10.1 Å². The molecule has 0 saturated heterocycles. The predicted octanol–water partition coefficient (Wildman–Crippen LogP) is 2.05. The fourth-order valence-electron chi connectivity index (χ4n) is 1.12. The van der Waals surface area contributed by atoms with Crippen LogP contribution in [-0.2, 0) is 0 Å². The van der Waals surface area contributed by atoms with Crippen molar-refractivity contribution in [2.75, 3.05) is 0 Å². The molecule has 0 unspecified atom stereocenters. The van der Waals surface area contributed by atoms with Crippen LogP contribution >= 0.6 is 0 Å². The number of hydrogen-bond acceptors (Lipinski definition) is 4. The lowest BCUT2D eigenvalue weighted by molar-refractivity contribution is -0.401. The molecule has 1 N–H and O–H groups in total. The molecule has 1 aromatic carbocycles. The largest absolute Gasteiger partial charge is 0.507 e. The number of nitro groups is 1. The molecule has 1 aromatic heterocycles. The van der Waals surface area contributed by atoms with Crippen molar-refractivity contribution in [3.8, 4) is 5.75 Å². The van der Waals surface area contributed by atoms with Crippen molar-refractivity contribution in [1.29, 1.82) is 0 Å². The molecule has 5 nitrogen and oxygen atoms in total. The van der Waals surface area contributed by atoms with Crippen LogP contribution in [0.15, 0.2) is 28.7 Å². The summed E-state index contributed by atoms with van der Waals surface area (Å²) in [4.78, 5) is 9.67. The van der Waals surface area contributed by atoms with Crippen LogP contribution in [-0.4, -0.2) is 10.0 Å². The number of phenolic OH excluding ortho intramolecular Hbond substituents is 1. The maximum atomic E-state index is 10.3. The standard InChI is InChI=1S/C8H5NO4/c10-6-2-1-3-7-5(6)4-8(13-7)9(11)12/h1-4,10H. The van der Waals surface area contributed by atoms with Crippen LogP contribution in [0.1, 0.15) is 0 Å². The molecule has 2 rings (SSSR count). The van der Waals surface area contributed by atoms with Crippen LogP contribution < -0.4 is 0 Å². The van der Waals surface area contributed by atoms with Crippen molar-refractivity contribution in [2.24, 2.45) is 0 Å². The zero-order chi connectivity index (χ0) is 9.42. The van der Waals surface area contributed by atoms with E-state index < -0.39 is 4.92 Å². The van der Waals surface area contributed by atoms with Gasteiger partial charge in [0.05, 0.1) is 11.5 Å². The van der Waals surface area contributed by atoms with E-state index in [0.29, 0.717) is 11.0 Å². The Morgan fingerprint density at radius 2 is 2.23 bits per heavy atom. The minimum Gasteiger partial charge on any atom is -0.507 e. The van der Waals surface area contributed by atoms with E-state index in [1.54, 1.807) is 12.1 Å². The van der Waals surface area contributed by atoms with E-state index in [0.717, 1.165) is 0 Å². The van der Waals surface area contributed by atoms with Crippen LogP contribution in [0.4, 0.5) is 5.88 Å². The lowest BCUT2D eigenvalue weighted by Gasteiger charge is -1.88. The Balaban J connectivity index is 2.75. The van der Waals surface area contributed by atoms with E-state index in [1.807, 2.05) is 0 Å². The first-order valence-corrected chi connectivity index (χ1v) is 3.54. The molecule has 0 fully saturated rings. The van der Waals surface area contributed by atoms with Gasteiger partial charge in [-0.3, -0.25) is 10.1 Å². The van der Waals surface area contributed by atoms with Gasteiger partial charge in [-0.15, -0.1) is 0 Å². The summed E-state index contributed by atoms with van der Waals surface area (Å²) in [6, 6.07) is 5.76. The summed E-state index contributed by atoms with van der Waals surface area (Å²) in [5, 5.41) is 20.0. The van der Waals surface area contributed by atoms with Gasteiger partial charge in [0.2, 0.25) is 0 Å². The minimum absolute atomic E-state index is 0.0191. The Bertz CT molecular complexity index is 474. The van der Waals surface area contributed by atoms with Crippen molar-refractivity contribution >= 4 is 16.9 Å². The molecular formula is C8H5NO4. The minimum atomic E-state index is -0.639. The van der Waals surface area contributed by atoms with Gasteiger partial charge < -0.3 is 9.52 Å². The smallest absolute Gasteiger partial charge is 0.434 e. The second kappa shape index (κ2) is 2.48. The lowest BCUT2D eigenvalue weighted by atomic mass is 10.2. The van der Waals surface area contributed by atoms with Gasteiger partial charge in [-0.05, 0) is 12.1 Å². The number of aromatic hydroxyl groups is 1. The maximum Gasteiger partial charge on any atom is 0.434 e. The second-order valence-electron chi connectivity index (χ2n) is 2.53. The number of nitrogens with zero attached hydrogens (tertiary/aromatic N) is 1. The average molecular weight is 179 g/mol. The van der Waals surface area contributed by atoms with Gasteiger partial charge in [0.15, 0.2) is 0 Å². The molecule has 2 aromatic rings. The summed E-state index contributed by atoms with van der Waals surface area (Å²) >= 11 is 0. The van der Waals surface area contributed by atoms with E-state index in [4.69, 9.17) is 4.42 Å². The molecule has 0 saturated carbocycles. The van der Waals surface area contributed by atoms with Gasteiger partial charge in [-0.1, -0.05) is 6.07 Å². The maximum absolute atomic E-state index is 10.3. The topological polar surface area (TPSA) is 76.5 Å². The van der Waals surface area contributed by atoms with Crippen LogP contribution in [0.2, 0.25) is 0 Å². The van der Waals surface area contributed by atoms with Crippen molar-refractivity contribution < 1.29 is 14.4 Å². The molecule has 5 heteroatoms. The third-order valence-electron chi connectivity index (χ3n) is 1.71. The van der Waals surface area contributed by atoms with Gasteiger partial charge >= 0.3 is 5.88 Å². The van der Waals surface area contributed by atoms with Crippen LogP contribution in [0.3, 0.4) is 0 Å². The zero-order valence-corrected chi connectivity index (χ0v) is 6.43. The van der Waals surface area contributed by atoms with Crippen LogP contribution in [0.5, 0.6) is 5.75 Å². The summed E-state index contributed by atoms with van der Waals surface area (Å²) in [7, 11) is 0. The number of fused-ring (bicyclic) bond motifs is 1. The quantitative estimate of drug-likeness (QED) is 0.536. The first-order valence-electron chi connectivity index (χ1n) is 3.54. The van der Waals surface area contributed by atoms with Crippen molar-refractivity contribution in [2.45, 2.75) is 0 Å². The molecule has 0 radical (unpaired) electrons. The Hall–Kier alpha value is -2.04. The Labute approximate surface area is 72.4 Å². The second-order valence-corrected chi connectivity index (χ2v) is 2.53. The van der Waals surface area contributed by atoms with Crippen LogP contribution in [0.25, 0.3) is 11.0 Å². The summed E-state index contributed by atoms with van der Waals surface area (Å²) < 4.78 is 4.85. The Kier molecular flexibility index (Phi) is 1.45. The van der Waals surface area contributed by atoms with Gasteiger partial charge in [-0.25, -0.2) is 0 Å². The van der Waals surface area contributed by atoms with E-state index in [2.05, 4.69) is 0 Å². The fraction of sp³-hybridized carbons (Fsp3) is 0. The van der Waals surface area contributed by atoms with E-state index in [9.17, 15) is 15.2 Å². The summed E-state index contributed by atoms with van der Waals surface area (Å²) in [5.74, 6) is -0.383. The first kappa shape index (κ1) is 7.60. The highest BCUT2D eigenvalue weighted by molar-refractivity contribution is 5.85. The normalized spacial score (nSPS) is 10.5. The molecule has 0 aliphatic rings. The number of furan rings is 1. The van der Waals surface area contributed by atoms with Crippen molar-refractivity contribution in [3.05, 3.63) is 34.4 Å². The highest BCUT2D eigenvalue weighted by Crippen LogP contribution is 2.30. The highest BCUT2D eigenvalue weighted by atomic mass is 16.6. The Morgan fingerprint density at radius 1 is 1.46 bits per heavy atom. The number of phenols is 1. The van der Waals surface area contributed by atoms with Gasteiger partial charge in [-0.2, -0.15) is 0 Å². The third-order valence-corrected chi connectivity index (χ3v) is 1.71. The molecule has 1 heterocycles. The summed E-state index contributed by atoms with van der Waals surface area (Å²) in [6.45, 7) is 0. The van der Waals surface area contributed by atoms with Gasteiger partial charge in [0.25, 0.3) is 0 Å². The predicted molar refractivity (Wildman–Crippen MR) is 44.5 cm³/mol. The highest BCUT2D eigenvalue weighted by Gasteiger charge is 2.14. The molecule has 0 amide bonds. The number of rotatable bonds is 1. The SMILES string of the molecule is O=[N+]([O-])c1cc2c(O)cccc2o1. The van der Waals surface area contributed by atoms with E-state index in [-0.39, 0.29) is 11.6 Å². The molecule has 0 aliphatic carbocycles. The number of hydrogen-bond donors (Lipinski definition) is 1. The van der Waals surface area contributed by atoms with Crippen molar-refractivity contribution in [3.63, 3.8) is 0 Å². The van der Waals surface area contributed by atoms with Crippen molar-refractivity contribution in [1.82, 2.24) is 0 Å². The van der Waals surface area contributed by atoms with E-state index in [1.165, 1.54) is 12.1 Å². The monoisotopic (exact) mass is 179 g/mol. The molecule has 0 aliphatic heterocycles. The number of benzene rings is 1. The van der Waals surface area contributed by atoms with Gasteiger partial charge in [0, 0.05) is 0 Å². The van der Waals surface area contributed by atoms with Gasteiger partial charge in [0.1, 0.15) is 16.3 Å². The molecule has 0 bridgehead atoms. The molecule has 13 heavy (non-hydrogen) atoms. The third kappa shape index (κ3) is 1.10. The molecule has 0 atom stereocenters. The molecule has 66 valence electrons. The molecular weight excluding hydrogens is 174 g/mol. The molecule has 0 spiro atoms. The summed E-state index contributed by atoms with van der Waals surface area (Å²) in [5.41, 5.74) is 0.312. The zero-order valence-electron chi connectivity index (χ0n) is 6.43. The Morgan fingerprint density at radius 3 is 2.85 bits per heavy atom. The fourth-order valence-corrected chi connectivity index (χ4v) is 1.12. The van der Waals surface area contributed by atoms with E-state index >= 15 is 0 Å². The lowest BCUT2D eigenvalue weighted by Crippen LogP contribution is -1.82. The summed E-state index contributed by atoms with van der Waals surface area (Å²) in [6.07, 6.45) is 0.